The lowest BCUT2D eigenvalue weighted by molar-refractivity contribution is 0.465. The van der Waals surface area contributed by atoms with E-state index in [0.717, 1.165) is 35.1 Å². The van der Waals surface area contributed by atoms with Crippen LogP contribution in [0.5, 0.6) is 0 Å². The minimum Gasteiger partial charge on any atom is -0.426 e. The molecule has 0 saturated heterocycles. The fraction of sp³-hybridized carbons (Fsp3) is 0.565. The standard InChI is InChI=1S/C23H31N5OS/c1-16-24-25-20(29-16)10-7-15-30-22-27-26-21(28(22)19-8-5-6-9-19)17-11-13-18(14-12-17)23(2,3)4/h11-14,19H,5-10,15H2,1-4H3. The molecule has 160 valence electrons. The first-order valence-corrected chi connectivity index (χ1v) is 11.9. The highest BCUT2D eigenvalue weighted by Gasteiger charge is 2.25. The van der Waals surface area contributed by atoms with Crippen LogP contribution in [0.25, 0.3) is 11.4 Å². The van der Waals surface area contributed by atoms with Gasteiger partial charge in [-0.25, -0.2) is 0 Å². The summed E-state index contributed by atoms with van der Waals surface area (Å²) in [5, 5.41) is 18.2. The van der Waals surface area contributed by atoms with Crippen molar-refractivity contribution in [3.63, 3.8) is 0 Å². The number of thioether (sulfide) groups is 1. The lowest BCUT2D eigenvalue weighted by atomic mass is 9.86. The number of benzene rings is 1. The molecule has 2 aromatic heterocycles. The van der Waals surface area contributed by atoms with Crippen molar-refractivity contribution in [3.05, 3.63) is 41.6 Å². The summed E-state index contributed by atoms with van der Waals surface area (Å²) in [6, 6.07) is 9.34. The van der Waals surface area contributed by atoms with Gasteiger partial charge in [0.05, 0.1) is 0 Å². The predicted molar refractivity (Wildman–Crippen MR) is 120 cm³/mol. The van der Waals surface area contributed by atoms with Crippen LogP contribution in [0.2, 0.25) is 0 Å². The maximum absolute atomic E-state index is 5.47. The fourth-order valence-electron chi connectivity index (χ4n) is 4.01. The molecule has 3 aromatic rings. The van der Waals surface area contributed by atoms with Gasteiger partial charge in [-0.05, 0) is 30.2 Å². The molecule has 0 N–H and O–H groups in total. The Balaban J connectivity index is 1.50. The third-order valence-corrected chi connectivity index (χ3v) is 6.73. The largest absolute Gasteiger partial charge is 0.426 e. The SMILES string of the molecule is Cc1nnc(CCCSc2nnc(-c3ccc(C(C)(C)C)cc3)n2C2CCCC2)o1. The number of aromatic nitrogens is 5. The van der Waals surface area contributed by atoms with E-state index in [1.165, 1.54) is 31.2 Å². The van der Waals surface area contributed by atoms with Crippen LogP contribution in [0.1, 0.15) is 76.3 Å². The Morgan fingerprint density at radius 2 is 1.77 bits per heavy atom. The molecule has 7 heteroatoms. The van der Waals surface area contributed by atoms with Crippen LogP contribution in [-0.2, 0) is 11.8 Å². The van der Waals surface area contributed by atoms with E-state index in [1.54, 1.807) is 11.8 Å². The van der Waals surface area contributed by atoms with E-state index < -0.39 is 0 Å². The van der Waals surface area contributed by atoms with Gasteiger partial charge in [-0.3, -0.25) is 4.57 Å². The average Bonchev–Trinajstić information content (AvgIpc) is 3.45. The highest BCUT2D eigenvalue weighted by Crippen LogP contribution is 2.37. The molecule has 0 bridgehead atoms. The third-order valence-electron chi connectivity index (χ3n) is 5.70. The van der Waals surface area contributed by atoms with Crippen molar-refractivity contribution in [1.82, 2.24) is 25.0 Å². The van der Waals surface area contributed by atoms with Gasteiger partial charge in [0.1, 0.15) is 0 Å². The fourth-order valence-corrected chi connectivity index (χ4v) is 4.95. The zero-order valence-electron chi connectivity index (χ0n) is 18.4. The molecule has 30 heavy (non-hydrogen) atoms. The van der Waals surface area contributed by atoms with Gasteiger partial charge < -0.3 is 4.42 Å². The summed E-state index contributed by atoms with van der Waals surface area (Å²) in [5.74, 6) is 3.29. The van der Waals surface area contributed by atoms with Gasteiger partial charge in [0, 0.05) is 30.7 Å². The predicted octanol–water partition coefficient (Wildman–Crippen LogP) is 5.77. The Kier molecular flexibility index (Phi) is 6.27. The summed E-state index contributed by atoms with van der Waals surface area (Å²) in [6.07, 6.45) is 6.75. The van der Waals surface area contributed by atoms with E-state index in [1.807, 2.05) is 6.92 Å². The number of hydrogen-bond donors (Lipinski definition) is 0. The molecule has 0 atom stereocenters. The minimum atomic E-state index is 0.148. The highest BCUT2D eigenvalue weighted by atomic mass is 32.2. The molecule has 1 aliphatic rings. The molecule has 2 heterocycles. The first kappa shape index (κ1) is 21.1. The van der Waals surface area contributed by atoms with Gasteiger partial charge >= 0.3 is 0 Å². The van der Waals surface area contributed by atoms with Crippen LogP contribution < -0.4 is 0 Å². The van der Waals surface area contributed by atoms with Gasteiger partial charge in [0.25, 0.3) is 0 Å². The lowest BCUT2D eigenvalue weighted by Gasteiger charge is -2.20. The van der Waals surface area contributed by atoms with Crippen molar-refractivity contribution in [2.75, 3.05) is 5.75 Å². The van der Waals surface area contributed by atoms with Crippen LogP contribution in [0.4, 0.5) is 0 Å². The number of hydrogen-bond acceptors (Lipinski definition) is 6. The van der Waals surface area contributed by atoms with Crippen LogP contribution >= 0.6 is 11.8 Å². The highest BCUT2D eigenvalue weighted by molar-refractivity contribution is 7.99. The van der Waals surface area contributed by atoms with Crippen molar-refractivity contribution >= 4 is 11.8 Å². The van der Waals surface area contributed by atoms with Crippen molar-refractivity contribution in [2.24, 2.45) is 0 Å². The molecule has 1 fully saturated rings. The van der Waals surface area contributed by atoms with E-state index in [0.29, 0.717) is 17.8 Å². The second-order valence-corrected chi connectivity index (χ2v) is 10.2. The van der Waals surface area contributed by atoms with E-state index in [9.17, 15) is 0 Å². The summed E-state index contributed by atoms with van der Waals surface area (Å²) < 4.78 is 7.86. The van der Waals surface area contributed by atoms with Crippen LogP contribution in [-0.4, -0.2) is 30.7 Å². The summed E-state index contributed by atoms with van der Waals surface area (Å²) in [6.45, 7) is 8.55. The van der Waals surface area contributed by atoms with Gasteiger partial charge in [-0.1, -0.05) is 69.6 Å². The molecule has 0 amide bonds. The van der Waals surface area contributed by atoms with Crippen molar-refractivity contribution < 1.29 is 4.42 Å². The van der Waals surface area contributed by atoms with Crippen LogP contribution in [0.15, 0.2) is 33.8 Å². The average molecular weight is 426 g/mol. The molecule has 4 rings (SSSR count). The molecule has 0 unspecified atom stereocenters. The Bertz CT molecular complexity index is 964. The number of aryl methyl sites for hydroxylation is 2. The quantitative estimate of drug-likeness (QED) is 0.353. The third kappa shape index (κ3) is 4.77. The van der Waals surface area contributed by atoms with Crippen molar-refractivity contribution in [2.45, 2.75) is 82.8 Å². The molecule has 6 nitrogen and oxygen atoms in total. The summed E-state index contributed by atoms with van der Waals surface area (Å²) in [7, 11) is 0. The second kappa shape index (κ2) is 8.92. The molecule has 1 aromatic carbocycles. The van der Waals surface area contributed by atoms with E-state index >= 15 is 0 Å². The summed E-state index contributed by atoms with van der Waals surface area (Å²) >= 11 is 1.78. The minimum absolute atomic E-state index is 0.148. The smallest absolute Gasteiger partial charge is 0.216 e. The van der Waals surface area contributed by atoms with Gasteiger partial charge in [-0.2, -0.15) is 0 Å². The van der Waals surface area contributed by atoms with Gasteiger partial charge in [-0.15, -0.1) is 20.4 Å². The zero-order valence-corrected chi connectivity index (χ0v) is 19.2. The maximum atomic E-state index is 5.47. The monoisotopic (exact) mass is 425 g/mol. The van der Waals surface area contributed by atoms with E-state index in [2.05, 4.69) is 70.0 Å². The van der Waals surface area contributed by atoms with Crippen LogP contribution in [0, 0.1) is 6.92 Å². The maximum Gasteiger partial charge on any atom is 0.216 e. The molecule has 1 aliphatic carbocycles. The van der Waals surface area contributed by atoms with Crippen molar-refractivity contribution in [1.29, 1.82) is 0 Å². The van der Waals surface area contributed by atoms with Gasteiger partial charge in [0.2, 0.25) is 11.8 Å². The summed E-state index contributed by atoms with van der Waals surface area (Å²) in [4.78, 5) is 0. The Morgan fingerprint density at radius 1 is 1.03 bits per heavy atom. The normalized spacial score (nSPS) is 15.2. The van der Waals surface area contributed by atoms with E-state index in [4.69, 9.17) is 4.42 Å². The summed E-state index contributed by atoms with van der Waals surface area (Å²) in [5.41, 5.74) is 2.63. The second-order valence-electron chi connectivity index (χ2n) is 9.11. The number of rotatable bonds is 7. The Morgan fingerprint density at radius 3 is 2.40 bits per heavy atom. The Labute approximate surface area is 182 Å². The van der Waals surface area contributed by atoms with E-state index in [-0.39, 0.29) is 5.41 Å². The lowest BCUT2D eigenvalue weighted by Crippen LogP contribution is -2.11. The molecule has 1 saturated carbocycles. The zero-order chi connectivity index (χ0) is 21.1. The number of nitrogens with zero attached hydrogens (tertiary/aromatic N) is 5. The van der Waals surface area contributed by atoms with Gasteiger partial charge in [0.15, 0.2) is 11.0 Å². The first-order valence-electron chi connectivity index (χ1n) is 10.9. The van der Waals surface area contributed by atoms with Crippen molar-refractivity contribution in [3.8, 4) is 11.4 Å². The molecule has 0 radical (unpaired) electrons. The topological polar surface area (TPSA) is 69.6 Å². The molecule has 0 spiro atoms. The molecule has 0 aliphatic heterocycles. The van der Waals surface area contributed by atoms with Crippen LogP contribution in [0.3, 0.4) is 0 Å². The Hall–Kier alpha value is -2.15. The first-order chi connectivity index (χ1) is 14.4. The molecular weight excluding hydrogens is 394 g/mol. The molecular formula is C23H31N5OS.